The molecule has 0 spiro atoms. The van der Waals surface area contributed by atoms with E-state index in [4.69, 9.17) is 5.73 Å². The van der Waals surface area contributed by atoms with E-state index >= 15 is 0 Å². The second kappa shape index (κ2) is 5.27. The summed E-state index contributed by atoms with van der Waals surface area (Å²) < 4.78 is 1.23. The summed E-state index contributed by atoms with van der Waals surface area (Å²) in [4.78, 5) is 5.26. The van der Waals surface area contributed by atoms with Crippen molar-refractivity contribution >= 4 is 33.0 Å². The van der Waals surface area contributed by atoms with Crippen LogP contribution < -0.4 is 5.73 Å². The number of nitrogens with two attached hydrogens (primary N) is 1. The number of fused-ring (bicyclic) bond motifs is 1. The second-order valence-electron chi connectivity index (χ2n) is 5.06. The Labute approximate surface area is 126 Å². The topological polar surface area (TPSA) is 29.3 Å². The molecule has 1 aromatic heterocycles. The number of anilines is 1. The molecule has 3 rings (SSSR count). The van der Waals surface area contributed by atoms with Crippen molar-refractivity contribution in [3.63, 3.8) is 0 Å². The van der Waals surface area contributed by atoms with Crippen molar-refractivity contribution in [1.29, 1.82) is 0 Å². The van der Waals surface area contributed by atoms with E-state index in [0.29, 0.717) is 0 Å². The van der Waals surface area contributed by atoms with Gasteiger partial charge in [-0.3, -0.25) is 4.90 Å². The van der Waals surface area contributed by atoms with Gasteiger partial charge in [0.2, 0.25) is 0 Å². The van der Waals surface area contributed by atoms with Gasteiger partial charge < -0.3 is 5.73 Å². The monoisotopic (exact) mass is 336 g/mol. The van der Waals surface area contributed by atoms with Crippen molar-refractivity contribution in [2.75, 3.05) is 12.3 Å². The second-order valence-corrected chi connectivity index (χ2v) is 7.26. The van der Waals surface area contributed by atoms with Crippen LogP contribution in [0.2, 0.25) is 0 Å². The van der Waals surface area contributed by atoms with E-state index in [2.05, 4.69) is 46.0 Å². The normalized spacial score (nSPS) is 15.5. The smallest absolute Gasteiger partial charge is 0.0362 e. The van der Waals surface area contributed by atoms with Gasteiger partial charge >= 0.3 is 0 Å². The molecule has 1 aliphatic heterocycles. The molecule has 2 aromatic rings. The van der Waals surface area contributed by atoms with Gasteiger partial charge in [0.25, 0.3) is 0 Å². The summed E-state index contributed by atoms with van der Waals surface area (Å²) in [5.41, 5.74) is 9.77. The number of thiophene rings is 1. The number of aryl methyl sites for hydroxylation is 1. The summed E-state index contributed by atoms with van der Waals surface area (Å²) in [6.45, 7) is 5.26. The standard InChI is InChI=1S/C15H17BrN2S/c1-10-14(16)7-12(19-10)8-18-6-5-11-3-2-4-15(17)13(11)9-18/h2-4,7H,5-6,8-9,17H2,1H3. The third-order valence-corrected chi connectivity index (χ3v) is 5.80. The number of hydrogen-bond acceptors (Lipinski definition) is 3. The van der Waals surface area contributed by atoms with E-state index in [1.54, 1.807) is 0 Å². The molecule has 1 aromatic carbocycles. The molecule has 0 amide bonds. The predicted octanol–water partition coefficient (Wildman–Crippen LogP) is 3.96. The summed E-state index contributed by atoms with van der Waals surface area (Å²) in [5.74, 6) is 0. The number of nitrogens with zero attached hydrogens (tertiary/aromatic N) is 1. The fourth-order valence-electron chi connectivity index (χ4n) is 2.61. The van der Waals surface area contributed by atoms with Crippen molar-refractivity contribution in [2.24, 2.45) is 0 Å². The van der Waals surface area contributed by atoms with Gasteiger partial charge in [-0.2, -0.15) is 0 Å². The number of halogens is 1. The Hall–Kier alpha value is -0.840. The number of nitrogen functional groups attached to an aromatic ring is 1. The Morgan fingerprint density at radius 2 is 2.26 bits per heavy atom. The molecule has 0 radical (unpaired) electrons. The van der Waals surface area contributed by atoms with Gasteiger partial charge in [0.05, 0.1) is 0 Å². The van der Waals surface area contributed by atoms with Crippen molar-refractivity contribution in [2.45, 2.75) is 26.4 Å². The first-order chi connectivity index (χ1) is 9.13. The van der Waals surface area contributed by atoms with Gasteiger partial charge in [0.1, 0.15) is 0 Å². The van der Waals surface area contributed by atoms with Crippen LogP contribution in [0.1, 0.15) is 20.9 Å². The first kappa shape index (κ1) is 13.2. The molecule has 4 heteroatoms. The molecule has 0 atom stereocenters. The highest BCUT2D eigenvalue weighted by Crippen LogP contribution is 2.30. The minimum absolute atomic E-state index is 0.936. The van der Waals surface area contributed by atoms with Gasteiger partial charge in [-0.1, -0.05) is 12.1 Å². The van der Waals surface area contributed by atoms with Gasteiger partial charge in [-0.25, -0.2) is 0 Å². The first-order valence-corrected chi connectivity index (χ1v) is 8.08. The molecule has 2 N–H and O–H groups in total. The van der Waals surface area contributed by atoms with Crippen molar-refractivity contribution in [3.8, 4) is 0 Å². The Kier molecular flexibility index (Phi) is 3.65. The fraction of sp³-hybridized carbons (Fsp3) is 0.333. The van der Waals surface area contributed by atoms with Gasteiger partial charge in [0.15, 0.2) is 0 Å². The maximum atomic E-state index is 6.09. The number of benzene rings is 1. The van der Waals surface area contributed by atoms with Crippen LogP contribution in [0.5, 0.6) is 0 Å². The average molecular weight is 337 g/mol. The lowest BCUT2D eigenvalue weighted by molar-refractivity contribution is 0.248. The molecular formula is C15H17BrN2S. The molecule has 0 aliphatic carbocycles. The zero-order chi connectivity index (χ0) is 13.4. The van der Waals surface area contributed by atoms with Crippen LogP contribution >= 0.6 is 27.3 Å². The van der Waals surface area contributed by atoms with Crippen molar-refractivity contribution in [3.05, 3.63) is 49.6 Å². The molecule has 100 valence electrons. The summed E-state index contributed by atoms with van der Waals surface area (Å²) in [7, 11) is 0. The lowest BCUT2D eigenvalue weighted by Crippen LogP contribution is -2.30. The summed E-state index contributed by atoms with van der Waals surface area (Å²) in [6, 6.07) is 8.51. The van der Waals surface area contributed by atoms with Crippen molar-refractivity contribution in [1.82, 2.24) is 4.90 Å². The zero-order valence-electron chi connectivity index (χ0n) is 10.9. The Bertz CT molecular complexity index is 587. The Morgan fingerprint density at radius 1 is 1.42 bits per heavy atom. The molecule has 2 heterocycles. The van der Waals surface area contributed by atoms with Crippen LogP contribution in [0.3, 0.4) is 0 Å². The van der Waals surface area contributed by atoms with E-state index < -0.39 is 0 Å². The molecular weight excluding hydrogens is 320 g/mol. The molecule has 19 heavy (non-hydrogen) atoms. The maximum absolute atomic E-state index is 6.09. The molecule has 0 bridgehead atoms. The average Bonchev–Trinajstić information content (AvgIpc) is 2.69. The lowest BCUT2D eigenvalue weighted by Gasteiger charge is -2.29. The van der Waals surface area contributed by atoms with E-state index in [-0.39, 0.29) is 0 Å². The highest BCUT2D eigenvalue weighted by atomic mass is 79.9. The number of hydrogen-bond donors (Lipinski definition) is 1. The number of rotatable bonds is 2. The maximum Gasteiger partial charge on any atom is 0.0362 e. The predicted molar refractivity (Wildman–Crippen MR) is 85.4 cm³/mol. The lowest BCUT2D eigenvalue weighted by atomic mass is 9.98. The van der Waals surface area contributed by atoms with Crippen LogP contribution in [0.15, 0.2) is 28.7 Å². The molecule has 0 saturated carbocycles. The summed E-state index contributed by atoms with van der Waals surface area (Å²) >= 11 is 5.46. The van der Waals surface area contributed by atoms with E-state index in [0.717, 1.165) is 31.7 Å². The van der Waals surface area contributed by atoms with E-state index in [1.807, 2.05) is 17.4 Å². The van der Waals surface area contributed by atoms with Gasteiger partial charge in [-0.15, -0.1) is 11.3 Å². The van der Waals surface area contributed by atoms with E-state index in [9.17, 15) is 0 Å². The molecule has 1 aliphatic rings. The fourth-order valence-corrected chi connectivity index (χ4v) is 4.26. The zero-order valence-corrected chi connectivity index (χ0v) is 13.4. The first-order valence-electron chi connectivity index (χ1n) is 6.47. The van der Waals surface area contributed by atoms with Crippen molar-refractivity contribution < 1.29 is 0 Å². The highest BCUT2D eigenvalue weighted by Gasteiger charge is 2.18. The quantitative estimate of drug-likeness (QED) is 0.841. The molecule has 0 unspecified atom stereocenters. The largest absolute Gasteiger partial charge is 0.398 e. The highest BCUT2D eigenvalue weighted by molar-refractivity contribution is 9.10. The summed E-state index contributed by atoms with van der Waals surface area (Å²) in [6.07, 6.45) is 1.10. The van der Waals surface area contributed by atoms with Gasteiger partial charge in [0, 0.05) is 39.5 Å². The molecule has 0 fully saturated rings. The van der Waals surface area contributed by atoms with Gasteiger partial charge in [-0.05, 0) is 52.5 Å². The third kappa shape index (κ3) is 2.71. The SMILES string of the molecule is Cc1sc(CN2CCc3cccc(N)c3C2)cc1Br. The minimum Gasteiger partial charge on any atom is -0.398 e. The molecule has 0 saturated heterocycles. The van der Waals surface area contributed by atoms with Crippen LogP contribution in [-0.4, -0.2) is 11.4 Å². The summed E-state index contributed by atoms with van der Waals surface area (Å²) in [5, 5.41) is 0. The van der Waals surface area contributed by atoms with Crippen LogP contribution in [-0.2, 0) is 19.5 Å². The van der Waals surface area contributed by atoms with Crippen LogP contribution in [0.25, 0.3) is 0 Å². The Balaban J connectivity index is 1.77. The third-order valence-electron chi connectivity index (χ3n) is 3.68. The van der Waals surface area contributed by atoms with Crippen LogP contribution in [0, 0.1) is 6.92 Å². The Morgan fingerprint density at radius 3 is 3.00 bits per heavy atom. The minimum atomic E-state index is 0.936. The van der Waals surface area contributed by atoms with E-state index in [1.165, 1.54) is 25.4 Å². The molecule has 2 nitrogen and oxygen atoms in total. The van der Waals surface area contributed by atoms with Crippen LogP contribution in [0.4, 0.5) is 5.69 Å².